The van der Waals surface area contributed by atoms with E-state index in [-0.39, 0.29) is 5.92 Å². The predicted molar refractivity (Wildman–Crippen MR) is 47.2 cm³/mol. The number of benzene rings is 1. The lowest BCUT2D eigenvalue weighted by molar-refractivity contribution is 0.0697. The summed E-state index contributed by atoms with van der Waals surface area (Å²) in [4.78, 5) is 10.6. The van der Waals surface area contributed by atoms with Gasteiger partial charge in [0.2, 0.25) is 0 Å². The summed E-state index contributed by atoms with van der Waals surface area (Å²) < 4.78 is 0. The van der Waals surface area contributed by atoms with Crippen LogP contribution >= 0.6 is 0 Å². The first-order valence-electron chi connectivity index (χ1n) is 3.77. The van der Waals surface area contributed by atoms with E-state index in [1.165, 1.54) is 0 Å². The first kappa shape index (κ1) is 8.78. The van der Waals surface area contributed by atoms with Gasteiger partial charge in [-0.25, -0.2) is 4.79 Å². The van der Waals surface area contributed by atoms with Crippen molar-refractivity contribution in [1.29, 1.82) is 0 Å². The number of hydrogen-bond donors (Lipinski definition) is 1. The van der Waals surface area contributed by atoms with Gasteiger partial charge < -0.3 is 5.11 Å². The van der Waals surface area contributed by atoms with Crippen molar-refractivity contribution in [2.45, 2.75) is 12.8 Å². The highest BCUT2D eigenvalue weighted by atomic mass is 16.4. The number of hydrogen-bond acceptors (Lipinski definition) is 1. The second kappa shape index (κ2) is 3.39. The van der Waals surface area contributed by atoms with Crippen LogP contribution in [0, 0.1) is 6.92 Å². The average molecular weight is 163 g/mol. The maximum absolute atomic E-state index is 10.6. The Morgan fingerprint density at radius 2 is 2.25 bits per heavy atom. The first-order chi connectivity index (χ1) is 5.61. The van der Waals surface area contributed by atoms with Gasteiger partial charge in [-0.1, -0.05) is 19.1 Å². The van der Waals surface area contributed by atoms with E-state index in [4.69, 9.17) is 5.11 Å². The van der Waals surface area contributed by atoms with E-state index in [1.807, 2.05) is 13.0 Å². The molecule has 2 nitrogen and oxygen atoms in total. The van der Waals surface area contributed by atoms with E-state index < -0.39 is 5.97 Å². The molecule has 0 aliphatic carbocycles. The van der Waals surface area contributed by atoms with Gasteiger partial charge in [0.25, 0.3) is 0 Å². The molecular formula is C10H11O2. The van der Waals surface area contributed by atoms with Gasteiger partial charge >= 0.3 is 5.97 Å². The summed E-state index contributed by atoms with van der Waals surface area (Å²) in [6, 6.07) is 6.85. The van der Waals surface area contributed by atoms with Crippen molar-refractivity contribution in [3.63, 3.8) is 0 Å². The third kappa shape index (κ3) is 1.84. The number of carboxylic acid groups (broad SMARTS) is 1. The molecule has 0 saturated heterocycles. The Morgan fingerprint density at radius 3 is 2.75 bits per heavy atom. The molecule has 12 heavy (non-hydrogen) atoms. The third-order valence-corrected chi connectivity index (χ3v) is 1.70. The molecule has 0 saturated carbocycles. The topological polar surface area (TPSA) is 37.3 Å². The molecule has 1 rings (SSSR count). The Kier molecular flexibility index (Phi) is 2.48. The molecule has 0 fully saturated rings. The SMILES string of the molecule is [CH2]C(C)c1cccc(C(=O)O)c1. The number of aromatic carboxylic acids is 1. The van der Waals surface area contributed by atoms with E-state index in [1.54, 1.807) is 18.2 Å². The van der Waals surface area contributed by atoms with Crippen LogP contribution in [0.1, 0.15) is 28.8 Å². The summed E-state index contributed by atoms with van der Waals surface area (Å²) in [6.07, 6.45) is 0. The molecule has 1 unspecified atom stereocenters. The van der Waals surface area contributed by atoms with E-state index in [0.717, 1.165) is 5.56 Å². The summed E-state index contributed by atoms with van der Waals surface area (Å²) in [5.74, 6) is -0.762. The Morgan fingerprint density at radius 1 is 1.58 bits per heavy atom. The summed E-state index contributed by atoms with van der Waals surface area (Å²) in [6.45, 7) is 5.75. The van der Waals surface area contributed by atoms with Gasteiger partial charge in [-0.15, -0.1) is 0 Å². The molecule has 0 bridgehead atoms. The van der Waals surface area contributed by atoms with E-state index in [2.05, 4.69) is 6.92 Å². The molecule has 0 amide bonds. The van der Waals surface area contributed by atoms with Crippen molar-refractivity contribution in [2.75, 3.05) is 0 Å². The zero-order valence-electron chi connectivity index (χ0n) is 6.95. The van der Waals surface area contributed by atoms with Crippen LogP contribution in [0.3, 0.4) is 0 Å². The van der Waals surface area contributed by atoms with Crippen molar-refractivity contribution in [2.24, 2.45) is 0 Å². The molecule has 1 aromatic carbocycles. The van der Waals surface area contributed by atoms with Gasteiger partial charge in [0.05, 0.1) is 5.56 Å². The lowest BCUT2D eigenvalue weighted by Crippen LogP contribution is -1.97. The molecule has 2 heteroatoms. The van der Waals surface area contributed by atoms with Crippen molar-refractivity contribution >= 4 is 5.97 Å². The summed E-state index contributed by atoms with van der Waals surface area (Å²) in [7, 11) is 0. The predicted octanol–water partition coefficient (Wildman–Crippen LogP) is 2.32. The molecular weight excluding hydrogens is 152 g/mol. The minimum absolute atomic E-state index is 0.129. The van der Waals surface area contributed by atoms with Crippen molar-refractivity contribution in [3.05, 3.63) is 42.3 Å². The minimum Gasteiger partial charge on any atom is -0.478 e. The van der Waals surface area contributed by atoms with Gasteiger partial charge in [0.1, 0.15) is 0 Å². The third-order valence-electron chi connectivity index (χ3n) is 1.70. The largest absolute Gasteiger partial charge is 0.478 e. The second-order valence-electron chi connectivity index (χ2n) is 2.83. The van der Waals surface area contributed by atoms with Crippen LogP contribution in [-0.4, -0.2) is 11.1 Å². The Balaban J connectivity index is 3.04. The maximum atomic E-state index is 10.6. The van der Waals surface area contributed by atoms with Crippen LogP contribution in [-0.2, 0) is 0 Å². The number of carbonyl (C=O) groups is 1. The van der Waals surface area contributed by atoms with Crippen LogP contribution in [0.4, 0.5) is 0 Å². The molecule has 63 valence electrons. The van der Waals surface area contributed by atoms with Gasteiger partial charge in [-0.3, -0.25) is 0 Å². The molecule has 0 heterocycles. The quantitative estimate of drug-likeness (QED) is 0.726. The lowest BCUT2D eigenvalue weighted by atomic mass is 10.0. The molecule has 1 radical (unpaired) electrons. The monoisotopic (exact) mass is 163 g/mol. The zero-order chi connectivity index (χ0) is 9.14. The van der Waals surface area contributed by atoms with Crippen LogP contribution in [0.5, 0.6) is 0 Å². The van der Waals surface area contributed by atoms with Crippen molar-refractivity contribution in [3.8, 4) is 0 Å². The summed E-state index contributed by atoms with van der Waals surface area (Å²) in [5.41, 5.74) is 1.28. The van der Waals surface area contributed by atoms with Gasteiger partial charge in [-0.2, -0.15) is 0 Å². The van der Waals surface area contributed by atoms with Crippen LogP contribution in [0.15, 0.2) is 24.3 Å². The number of carboxylic acids is 1. The molecule has 0 aliphatic heterocycles. The molecule has 0 aliphatic rings. The zero-order valence-corrected chi connectivity index (χ0v) is 6.95. The van der Waals surface area contributed by atoms with Gasteiger partial charge in [0, 0.05) is 0 Å². The Bertz CT molecular complexity index is 290. The van der Waals surface area contributed by atoms with Crippen LogP contribution < -0.4 is 0 Å². The highest BCUT2D eigenvalue weighted by Gasteiger charge is 2.04. The van der Waals surface area contributed by atoms with Gasteiger partial charge in [-0.05, 0) is 30.5 Å². The highest BCUT2D eigenvalue weighted by molar-refractivity contribution is 5.87. The van der Waals surface area contributed by atoms with Crippen molar-refractivity contribution in [1.82, 2.24) is 0 Å². The smallest absolute Gasteiger partial charge is 0.335 e. The molecule has 1 N–H and O–H groups in total. The van der Waals surface area contributed by atoms with E-state index in [9.17, 15) is 4.79 Å². The van der Waals surface area contributed by atoms with E-state index >= 15 is 0 Å². The van der Waals surface area contributed by atoms with Gasteiger partial charge in [0.15, 0.2) is 0 Å². The molecule has 0 aromatic heterocycles. The van der Waals surface area contributed by atoms with Crippen LogP contribution in [0.2, 0.25) is 0 Å². The Labute approximate surface area is 71.8 Å². The fraction of sp³-hybridized carbons (Fsp3) is 0.200. The molecule has 1 aromatic rings. The van der Waals surface area contributed by atoms with E-state index in [0.29, 0.717) is 5.56 Å². The fourth-order valence-electron chi connectivity index (χ4n) is 0.978. The first-order valence-corrected chi connectivity index (χ1v) is 3.77. The highest BCUT2D eigenvalue weighted by Crippen LogP contribution is 2.14. The number of rotatable bonds is 2. The van der Waals surface area contributed by atoms with Crippen molar-refractivity contribution < 1.29 is 9.90 Å². The minimum atomic E-state index is -0.891. The second-order valence-corrected chi connectivity index (χ2v) is 2.83. The normalized spacial score (nSPS) is 10.2. The summed E-state index contributed by atoms with van der Waals surface area (Å²) >= 11 is 0. The average Bonchev–Trinajstić information content (AvgIpc) is 2.04. The molecule has 1 atom stereocenters. The lowest BCUT2D eigenvalue weighted by Gasteiger charge is -2.04. The maximum Gasteiger partial charge on any atom is 0.335 e. The molecule has 0 spiro atoms. The summed E-state index contributed by atoms with van der Waals surface area (Å²) in [5, 5.41) is 8.67. The standard InChI is InChI=1S/C10H11O2/c1-7(2)8-4-3-5-9(6-8)10(11)12/h3-7H,1H2,2H3,(H,11,12). The Hall–Kier alpha value is -1.31. The fourth-order valence-corrected chi connectivity index (χ4v) is 0.978. The van der Waals surface area contributed by atoms with Crippen LogP contribution in [0.25, 0.3) is 0 Å².